The Bertz CT molecular complexity index is 441. The Morgan fingerprint density at radius 3 is 2.65 bits per heavy atom. The van der Waals surface area contributed by atoms with Gasteiger partial charge in [-0.25, -0.2) is 0 Å². The van der Waals surface area contributed by atoms with Crippen LogP contribution in [-0.2, 0) is 0 Å². The van der Waals surface area contributed by atoms with Crippen molar-refractivity contribution in [3.8, 4) is 6.01 Å². The van der Waals surface area contributed by atoms with Gasteiger partial charge in [-0.2, -0.15) is 15.0 Å². The summed E-state index contributed by atoms with van der Waals surface area (Å²) in [5.41, 5.74) is 0. The highest BCUT2D eigenvalue weighted by molar-refractivity contribution is 6.28. The summed E-state index contributed by atoms with van der Waals surface area (Å²) in [4.78, 5) is 12.4. The van der Waals surface area contributed by atoms with Gasteiger partial charge in [-0.05, 0) is 44.2 Å². The van der Waals surface area contributed by atoms with E-state index < -0.39 is 0 Å². The van der Waals surface area contributed by atoms with E-state index in [0.717, 1.165) is 6.42 Å². The van der Waals surface area contributed by atoms with Gasteiger partial charge in [0, 0.05) is 6.04 Å². The minimum atomic E-state index is 0.0121. The summed E-state index contributed by atoms with van der Waals surface area (Å²) in [7, 11) is 0. The minimum absolute atomic E-state index is 0.0121. The third kappa shape index (κ3) is 4.47. The molecular formula is C14H23ClN4O. The van der Waals surface area contributed by atoms with E-state index >= 15 is 0 Å². The molecule has 0 radical (unpaired) electrons. The molecule has 0 amide bonds. The second-order valence-corrected chi connectivity index (χ2v) is 6.08. The molecule has 1 saturated carbocycles. The summed E-state index contributed by atoms with van der Waals surface area (Å²) >= 11 is 5.94. The van der Waals surface area contributed by atoms with Crippen molar-refractivity contribution < 1.29 is 4.74 Å². The van der Waals surface area contributed by atoms with Crippen molar-refractivity contribution in [3.05, 3.63) is 5.28 Å². The van der Waals surface area contributed by atoms with Crippen LogP contribution in [0.5, 0.6) is 6.01 Å². The zero-order chi connectivity index (χ0) is 14.5. The lowest BCUT2D eigenvalue weighted by Crippen LogP contribution is -2.27. The molecule has 1 aromatic rings. The molecule has 1 aliphatic rings. The van der Waals surface area contributed by atoms with Crippen LogP contribution in [0.25, 0.3) is 0 Å². The standard InChI is InChI=1S/C14H23ClN4O/c1-9(2)20-14-18-12(15)17-13(19-14)16-11-8-6-4-5-7-10(11)3/h9-11H,4-8H2,1-3H3,(H,16,17,18,19). The topological polar surface area (TPSA) is 59.9 Å². The average Bonchev–Trinajstić information content (AvgIpc) is 2.53. The molecule has 2 unspecified atom stereocenters. The molecule has 1 aliphatic carbocycles. The Labute approximate surface area is 125 Å². The van der Waals surface area contributed by atoms with Crippen molar-refractivity contribution in [2.24, 2.45) is 5.92 Å². The van der Waals surface area contributed by atoms with E-state index in [2.05, 4.69) is 27.2 Å². The first kappa shape index (κ1) is 15.3. The molecule has 6 heteroatoms. The summed E-state index contributed by atoms with van der Waals surface area (Å²) in [5.74, 6) is 1.13. The lowest BCUT2D eigenvalue weighted by molar-refractivity contribution is 0.221. The number of halogens is 1. The second-order valence-electron chi connectivity index (χ2n) is 5.74. The van der Waals surface area contributed by atoms with Crippen LogP contribution >= 0.6 is 11.6 Å². The van der Waals surface area contributed by atoms with Gasteiger partial charge in [0.1, 0.15) is 0 Å². The maximum absolute atomic E-state index is 5.94. The summed E-state index contributed by atoms with van der Waals surface area (Å²) in [5, 5.41) is 3.56. The van der Waals surface area contributed by atoms with Crippen LogP contribution in [0.4, 0.5) is 5.95 Å². The average molecular weight is 299 g/mol. The van der Waals surface area contributed by atoms with E-state index in [1.54, 1.807) is 0 Å². The van der Waals surface area contributed by atoms with Gasteiger partial charge in [0.05, 0.1) is 6.10 Å². The van der Waals surface area contributed by atoms with Crippen LogP contribution in [0.3, 0.4) is 0 Å². The Balaban J connectivity index is 2.09. The number of nitrogens with zero attached hydrogens (tertiary/aromatic N) is 3. The van der Waals surface area contributed by atoms with E-state index in [1.807, 2.05) is 13.8 Å². The first-order valence-electron chi connectivity index (χ1n) is 7.39. The highest BCUT2D eigenvalue weighted by Crippen LogP contribution is 2.25. The van der Waals surface area contributed by atoms with Crippen molar-refractivity contribution in [2.45, 2.75) is 65.0 Å². The van der Waals surface area contributed by atoms with E-state index in [-0.39, 0.29) is 17.4 Å². The smallest absolute Gasteiger partial charge is 0.322 e. The van der Waals surface area contributed by atoms with Crippen molar-refractivity contribution in [3.63, 3.8) is 0 Å². The number of nitrogens with one attached hydrogen (secondary N) is 1. The van der Waals surface area contributed by atoms with Crippen LogP contribution in [0.1, 0.15) is 52.9 Å². The number of rotatable bonds is 4. The third-order valence-electron chi connectivity index (χ3n) is 3.60. The number of aromatic nitrogens is 3. The van der Waals surface area contributed by atoms with Gasteiger partial charge >= 0.3 is 6.01 Å². The zero-order valence-electron chi connectivity index (χ0n) is 12.4. The molecule has 1 aromatic heterocycles. The summed E-state index contributed by atoms with van der Waals surface area (Å²) in [6, 6.07) is 0.673. The Hall–Kier alpha value is -1.10. The summed E-state index contributed by atoms with van der Waals surface area (Å²) in [6.45, 7) is 6.13. The summed E-state index contributed by atoms with van der Waals surface area (Å²) < 4.78 is 5.49. The lowest BCUT2D eigenvalue weighted by atomic mass is 9.97. The molecule has 0 bridgehead atoms. The fraction of sp³-hybridized carbons (Fsp3) is 0.786. The molecule has 1 N–H and O–H groups in total. The fourth-order valence-electron chi connectivity index (χ4n) is 2.53. The third-order valence-corrected chi connectivity index (χ3v) is 3.77. The van der Waals surface area contributed by atoms with Crippen molar-refractivity contribution in [1.29, 1.82) is 0 Å². The fourth-order valence-corrected chi connectivity index (χ4v) is 2.69. The molecule has 2 rings (SSSR count). The number of hydrogen-bond donors (Lipinski definition) is 1. The maximum Gasteiger partial charge on any atom is 0.322 e. The molecule has 1 fully saturated rings. The van der Waals surface area contributed by atoms with Gasteiger partial charge in [0.15, 0.2) is 0 Å². The molecule has 112 valence electrons. The number of hydrogen-bond acceptors (Lipinski definition) is 5. The monoisotopic (exact) mass is 298 g/mol. The van der Waals surface area contributed by atoms with Crippen LogP contribution in [0, 0.1) is 5.92 Å². The van der Waals surface area contributed by atoms with Crippen LogP contribution in [0.2, 0.25) is 5.28 Å². The first-order chi connectivity index (χ1) is 9.54. The molecule has 0 saturated heterocycles. The van der Waals surface area contributed by atoms with Gasteiger partial charge in [-0.1, -0.05) is 26.2 Å². The van der Waals surface area contributed by atoms with Crippen LogP contribution < -0.4 is 10.1 Å². The molecule has 0 aromatic carbocycles. The SMILES string of the molecule is CC(C)Oc1nc(Cl)nc(NC2CCCCCC2C)n1. The van der Waals surface area contributed by atoms with E-state index in [9.17, 15) is 0 Å². The second kappa shape index (κ2) is 7.07. The maximum atomic E-state index is 5.94. The highest BCUT2D eigenvalue weighted by atomic mass is 35.5. The Kier molecular flexibility index (Phi) is 5.40. The number of anilines is 1. The first-order valence-corrected chi connectivity index (χ1v) is 7.77. The van der Waals surface area contributed by atoms with Crippen molar-refractivity contribution in [1.82, 2.24) is 15.0 Å². The Morgan fingerprint density at radius 2 is 1.90 bits per heavy atom. The molecular weight excluding hydrogens is 276 g/mol. The quantitative estimate of drug-likeness (QED) is 0.859. The van der Waals surface area contributed by atoms with E-state index in [0.29, 0.717) is 17.9 Å². The highest BCUT2D eigenvalue weighted by Gasteiger charge is 2.21. The van der Waals surface area contributed by atoms with Crippen molar-refractivity contribution >= 4 is 17.5 Å². The zero-order valence-corrected chi connectivity index (χ0v) is 13.2. The van der Waals surface area contributed by atoms with Gasteiger partial charge in [0.2, 0.25) is 11.2 Å². The molecule has 2 atom stereocenters. The van der Waals surface area contributed by atoms with Crippen LogP contribution in [0.15, 0.2) is 0 Å². The largest absolute Gasteiger partial charge is 0.461 e. The lowest BCUT2D eigenvalue weighted by Gasteiger charge is -2.22. The predicted molar refractivity (Wildman–Crippen MR) is 80.3 cm³/mol. The molecule has 5 nitrogen and oxygen atoms in total. The van der Waals surface area contributed by atoms with Crippen molar-refractivity contribution in [2.75, 3.05) is 5.32 Å². The molecule has 20 heavy (non-hydrogen) atoms. The minimum Gasteiger partial charge on any atom is -0.461 e. The van der Waals surface area contributed by atoms with Gasteiger partial charge in [0.25, 0.3) is 0 Å². The molecule has 0 spiro atoms. The molecule has 0 aliphatic heterocycles. The van der Waals surface area contributed by atoms with Crippen LogP contribution in [-0.4, -0.2) is 27.1 Å². The molecule has 1 heterocycles. The van der Waals surface area contributed by atoms with E-state index in [4.69, 9.17) is 16.3 Å². The predicted octanol–water partition coefficient (Wildman–Crippen LogP) is 3.69. The normalized spacial score (nSPS) is 23.4. The van der Waals surface area contributed by atoms with Gasteiger partial charge in [-0.15, -0.1) is 0 Å². The van der Waals surface area contributed by atoms with Gasteiger partial charge < -0.3 is 10.1 Å². The Morgan fingerprint density at radius 1 is 1.15 bits per heavy atom. The number of ether oxygens (including phenoxy) is 1. The van der Waals surface area contributed by atoms with E-state index in [1.165, 1.54) is 25.7 Å². The van der Waals surface area contributed by atoms with Gasteiger partial charge in [-0.3, -0.25) is 0 Å². The summed E-state index contributed by atoms with van der Waals surface area (Å²) in [6.07, 6.45) is 6.26.